The van der Waals surface area contributed by atoms with Crippen LogP contribution in [-0.4, -0.2) is 0 Å². The third-order valence-corrected chi connectivity index (χ3v) is 3.59. The van der Waals surface area contributed by atoms with Gasteiger partial charge in [-0.05, 0) is 30.3 Å². The molecule has 0 fully saturated rings. The summed E-state index contributed by atoms with van der Waals surface area (Å²) in [7, 11) is 0. The van der Waals surface area contributed by atoms with Gasteiger partial charge in [-0.25, -0.2) is 13.2 Å². The number of benzene rings is 2. The highest BCUT2D eigenvalue weighted by atomic mass is 79.9. The van der Waals surface area contributed by atoms with Crippen LogP contribution in [0.5, 0.6) is 5.75 Å². The maximum absolute atomic E-state index is 13.1. The smallest absolute Gasteiger partial charge is 0.160 e. The van der Waals surface area contributed by atoms with Gasteiger partial charge < -0.3 is 4.74 Å². The molecule has 0 unspecified atom stereocenters. The van der Waals surface area contributed by atoms with Gasteiger partial charge in [0.2, 0.25) is 0 Å². The van der Waals surface area contributed by atoms with Crippen molar-refractivity contribution in [3.63, 3.8) is 0 Å². The molecule has 0 atom stereocenters. The van der Waals surface area contributed by atoms with E-state index in [2.05, 4.69) is 15.9 Å². The highest BCUT2D eigenvalue weighted by Crippen LogP contribution is 2.25. The van der Waals surface area contributed by atoms with Crippen molar-refractivity contribution in [2.45, 2.75) is 11.9 Å². The fourth-order valence-electron chi connectivity index (χ4n) is 1.62. The molecule has 0 radical (unpaired) electrons. The molecule has 0 heterocycles. The third-order valence-electron chi connectivity index (χ3n) is 2.64. The molecule has 0 aromatic heterocycles. The van der Waals surface area contributed by atoms with Gasteiger partial charge in [-0.1, -0.05) is 27.5 Å². The topological polar surface area (TPSA) is 9.23 Å². The Labute approximate surface area is 127 Å². The number of hydrogen-bond donors (Lipinski definition) is 0. The monoisotopic (exact) mass is 364 g/mol. The van der Waals surface area contributed by atoms with Crippen LogP contribution >= 0.6 is 27.5 Å². The number of hydrogen-bond acceptors (Lipinski definition) is 1. The van der Waals surface area contributed by atoms with Crippen LogP contribution in [0, 0.1) is 17.5 Å². The Hall–Kier alpha value is -1.20. The van der Waals surface area contributed by atoms with E-state index in [1.807, 2.05) is 0 Å². The molecule has 0 aliphatic rings. The second-order valence-corrected chi connectivity index (χ2v) is 5.00. The van der Waals surface area contributed by atoms with Gasteiger partial charge in [-0.15, -0.1) is 0 Å². The van der Waals surface area contributed by atoms with Crippen LogP contribution in [0.1, 0.15) is 11.1 Å². The molecule has 0 saturated heterocycles. The Balaban J connectivity index is 2.19. The third kappa shape index (κ3) is 3.46. The Kier molecular flexibility index (Phi) is 4.94. The Bertz CT molecular complexity index is 634. The molecule has 0 aliphatic heterocycles. The van der Waals surface area contributed by atoms with Crippen LogP contribution in [0.3, 0.4) is 0 Å². The van der Waals surface area contributed by atoms with Gasteiger partial charge >= 0.3 is 0 Å². The molecule has 0 N–H and O–H groups in total. The largest absolute Gasteiger partial charge is 0.489 e. The van der Waals surface area contributed by atoms with Crippen molar-refractivity contribution in [2.24, 2.45) is 0 Å². The van der Waals surface area contributed by atoms with Crippen LogP contribution in [0.4, 0.5) is 13.2 Å². The van der Waals surface area contributed by atoms with Crippen molar-refractivity contribution in [3.05, 3.63) is 63.9 Å². The molecule has 0 spiro atoms. The van der Waals surface area contributed by atoms with Gasteiger partial charge in [0.25, 0.3) is 0 Å². The summed E-state index contributed by atoms with van der Waals surface area (Å²) < 4.78 is 44.6. The summed E-state index contributed by atoms with van der Waals surface area (Å²) >= 11 is 9.03. The first-order chi connectivity index (χ1) is 9.51. The first-order valence-corrected chi connectivity index (χ1v) is 7.12. The lowest BCUT2D eigenvalue weighted by Gasteiger charge is -2.11. The van der Waals surface area contributed by atoms with E-state index in [1.165, 1.54) is 18.2 Å². The summed E-state index contributed by atoms with van der Waals surface area (Å²) in [4.78, 5) is 0. The number of ether oxygens (including phenoxy) is 1. The van der Waals surface area contributed by atoms with E-state index in [0.29, 0.717) is 22.2 Å². The Morgan fingerprint density at radius 2 is 1.70 bits per heavy atom. The van der Waals surface area contributed by atoms with Gasteiger partial charge in [0.05, 0.1) is 5.02 Å². The van der Waals surface area contributed by atoms with Gasteiger partial charge in [0, 0.05) is 16.5 Å². The number of halogens is 5. The highest BCUT2D eigenvalue weighted by molar-refractivity contribution is 9.08. The summed E-state index contributed by atoms with van der Waals surface area (Å²) in [5, 5.41) is 0.484. The van der Waals surface area contributed by atoms with Gasteiger partial charge in [-0.3, -0.25) is 0 Å². The van der Waals surface area contributed by atoms with Crippen molar-refractivity contribution in [1.82, 2.24) is 0 Å². The molecule has 2 aromatic rings. The second kappa shape index (κ2) is 6.50. The summed E-state index contributed by atoms with van der Waals surface area (Å²) in [6, 6.07) is 5.94. The molecule has 0 aliphatic carbocycles. The zero-order valence-corrected chi connectivity index (χ0v) is 12.4. The van der Waals surface area contributed by atoms with Crippen molar-refractivity contribution in [3.8, 4) is 5.75 Å². The standard InChI is InChI=1S/C14H9BrClF3O/c15-6-8-3-10(17)1-2-14(8)20-7-9-4-12(18)13(19)5-11(9)16/h1-5H,6-7H2. The van der Waals surface area contributed by atoms with Crippen LogP contribution < -0.4 is 4.74 Å². The Morgan fingerprint density at radius 3 is 2.40 bits per heavy atom. The van der Waals surface area contributed by atoms with E-state index in [0.717, 1.165) is 12.1 Å². The van der Waals surface area contributed by atoms with E-state index in [1.54, 1.807) is 0 Å². The first kappa shape index (κ1) is 15.2. The lowest BCUT2D eigenvalue weighted by molar-refractivity contribution is 0.302. The van der Waals surface area contributed by atoms with Crippen LogP contribution in [-0.2, 0) is 11.9 Å². The van der Waals surface area contributed by atoms with E-state index in [-0.39, 0.29) is 17.4 Å². The fraction of sp³-hybridized carbons (Fsp3) is 0.143. The van der Waals surface area contributed by atoms with Crippen LogP contribution in [0.2, 0.25) is 5.02 Å². The van der Waals surface area contributed by atoms with E-state index >= 15 is 0 Å². The molecule has 1 nitrogen and oxygen atoms in total. The van der Waals surface area contributed by atoms with E-state index in [9.17, 15) is 13.2 Å². The minimum absolute atomic E-state index is 0.0400. The minimum Gasteiger partial charge on any atom is -0.489 e. The average molecular weight is 366 g/mol. The summed E-state index contributed by atoms with van der Waals surface area (Å²) in [5.74, 6) is -1.93. The average Bonchev–Trinajstić information content (AvgIpc) is 2.42. The van der Waals surface area contributed by atoms with Crippen LogP contribution in [0.25, 0.3) is 0 Å². The first-order valence-electron chi connectivity index (χ1n) is 5.62. The summed E-state index contributed by atoms with van der Waals surface area (Å²) in [6.45, 7) is -0.0400. The second-order valence-electron chi connectivity index (χ2n) is 4.03. The van der Waals surface area contributed by atoms with Gasteiger partial charge in [0.15, 0.2) is 11.6 Å². The molecule has 2 rings (SSSR count). The normalized spacial score (nSPS) is 10.7. The summed E-state index contributed by atoms with van der Waals surface area (Å²) in [5.41, 5.74) is 0.930. The molecule has 20 heavy (non-hydrogen) atoms. The van der Waals surface area contributed by atoms with Gasteiger partial charge in [0.1, 0.15) is 18.2 Å². The molecule has 2 aromatic carbocycles. The lowest BCUT2D eigenvalue weighted by atomic mass is 10.2. The quantitative estimate of drug-likeness (QED) is 0.532. The highest BCUT2D eigenvalue weighted by Gasteiger charge is 2.10. The molecule has 106 valence electrons. The molecule has 0 amide bonds. The van der Waals surface area contributed by atoms with Crippen molar-refractivity contribution in [1.29, 1.82) is 0 Å². The molecule has 6 heteroatoms. The minimum atomic E-state index is -1.01. The predicted octanol–water partition coefficient (Wildman–Crippen LogP) is 5.23. The molecular weight excluding hydrogens is 357 g/mol. The predicted molar refractivity (Wildman–Crippen MR) is 74.7 cm³/mol. The summed E-state index contributed by atoms with van der Waals surface area (Å²) in [6.07, 6.45) is 0. The zero-order chi connectivity index (χ0) is 14.7. The molecule has 0 bridgehead atoms. The van der Waals surface area contributed by atoms with Crippen molar-refractivity contribution >= 4 is 27.5 Å². The maximum Gasteiger partial charge on any atom is 0.160 e. The molecule has 0 saturated carbocycles. The Morgan fingerprint density at radius 1 is 1.00 bits per heavy atom. The van der Waals surface area contributed by atoms with Gasteiger partial charge in [-0.2, -0.15) is 0 Å². The van der Waals surface area contributed by atoms with Crippen molar-refractivity contribution in [2.75, 3.05) is 0 Å². The van der Waals surface area contributed by atoms with E-state index < -0.39 is 11.6 Å². The zero-order valence-electron chi connectivity index (χ0n) is 10.1. The lowest BCUT2D eigenvalue weighted by Crippen LogP contribution is -2.00. The molecular formula is C14H9BrClF3O. The number of rotatable bonds is 4. The fourth-order valence-corrected chi connectivity index (χ4v) is 2.27. The van der Waals surface area contributed by atoms with Crippen molar-refractivity contribution < 1.29 is 17.9 Å². The number of alkyl halides is 1. The SMILES string of the molecule is Fc1ccc(OCc2cc(F)c(F)cc2Cl)c(CBr)c1. The van der Waals surface area contributed by atoms with E-state index in [4.69, 9.17) is 16.3 Å². The maximum atomic E-state index is 13.1. The van der Waals surface area contributed by atoms with Crippen LogP contribution in [0.15, 0.2) is 30.3 Å².